The van der Waals surface area contributed by atoms with Crippen LogP contribution in [0.3, 0.4) is 0 Å². The van der Waals surface area contributed by atoms with Gasteiger partial charge in [-0.2, -0.15) is 0 Å². The van der Waals surface area contributed by atoms with Crippen molar-refractivity contribution in [3.8, 4) is 5.75 Å². The first-order chi connectivity index (χ1) is 17.4. The predicted molar refractivity (Wildman–Crippen MR) is 143 cm³/mol. The number of esters is 2. The van der Waals surface area contributed by atoms with Crippen molar-refractivity contribution >= 4 is 23.5 Å². The van der Waals surface area contributed by atoms with Crippen LogP contribution in [0, 0.1) is 5.92 Å². The van der Waals surface area contributed by atoms with E-state index >= 15 is 0 Å². The summed E-state index contributed by atoms with van der Waals surface area (Å²) < 4.78 is 15.8. The predicted octanol–water partition coefficient (Wildman–Crippen LogP) is 5.26. The minimum absolute atomic E-state index is 0.111. The number of benzene rings is 2. The first-order valence-corrected chi connectivity index (χ1v) is 12.7. The number of anilines is 1. The Morgan fingerprint density at radius 3 is 2.30 bits per heavy atom. The van der Waals surface area contributed by atoms with Gasteiger partial charge in [-0.15, -0.1) is 0 Å². The number of ether oxygens (including phenoxy) is 3. The number of amides is 1. The Morgan fingerprint density at radius 2 is 1.73 bits per heavy atom. The molecule has 0 saturated carbocycles. The molecule has 0 bridgehead atoms. The zero-order chi connectivity index (χ0) is 27.5. The maximum Gasteiger partial charge on any atom is 0.332 e. The van der Waals surface area contributed by atoms with Crippen molar-refractivity contribution in [2.75, 3.05) is 26.2 Å². The standard InChI is InChI=1S/C30H39NO6/c1-19(2)17-30(28(34)37-8)18-22-20(13-15-26(32)36-7)10-9-11-24(22)31(30)27(33)21-12-14-23(29(3,4)5)25(16-21)35-6/h9-12,14,16,19H,13,15,17-18H2,1-8H3. The molecule has 2 aromatic rings. The van der Waals surface area contributed by atoms with Gasteiger partial charge in [0.15, 0.2) is 0 Å². The van der Waals surface area contributed by atoms with Gasteiger partial charge in [-0.05, 0) is 59.1 Å². The van der Waals surface area contributed by atoms with Gasteiger partial charge in [0.05, 0.1) is 21.3 Å². The maximum absolute atomic E-state index is 14.3. The highest BCUT2D eigenvalue weighted by molar-refractivity contribution is 6.13. The van der Waals surface area contributed by atoms with Gasteiger partial charge >= 0.3 is 11.9 Å². The topological polar surface area (TPSA) is 82.1 Å². The molecule has 1 amide bonds. The molecule has 7 heteroatoms. The Morgan fingerprint density at radius 1 is 1.03 bits per heavy atom. The molecule has 0 aromatic heterocycles. The summed E-state index contributed by atoms with van der Waals surface area (Å²) in [6.07, 6.45) is 1.40. The molecule has 1 unspecified atom stereocenters. The van der Waals surface area contributed by atoms with Crippen LogP contribution in [-0.2, 0) is 37.3 Å². The number of rotatable bonds is 8. The lowest BCUT2D eigenvalue weighted by Crippen LogP contribution is -2.57. The second-order valence-corrected chi connectivity index (χ2v) is 11.1. The molecule has 3 rings (SSSR count). The molecule has 0 fully saturated rings. The van der Waals surface area contributed by atoms with Crippen LogP contribution in [0.15, 0.2) is 36.4 Å². The Bertz CT molecular complexity index is 1180. The molecule has 0 N–H and O–H groups in total. The van der Waals surface area contributed by atoms with Crippen LogP contribution in [-0.4, -0.2) is 44.7 Å². The van der Waals surface area contributed by atoms with E-state index in [0.29, 0.717) is 36.3 Å². The summed E-state index contributed by atoms with van der Waals surface area (Å²) in [7, 11) is 4.31. The van der Waals surface area contributed by atoms with Crippen LogP contribution in [0.2, 0.25) is 0 Å². The third-order valence-electron chi connectivity index (χ3n) is 6.98. The Hall–Kier alpha value is -3.35. The summed E-state index contributed by atoms with van der Waals surface area (Å²) in [4.78, 5) is 41.2. The van der Waals surface area contributed by atoms with Gasteiger partial charge in [0.1, 0.15) is 11.3 Å². The lowest BCUT2D eigenvalue weighted by molar-refractivity contribution is -0.147. The van der Waals surface area contributed by atoms with Crippen LogP contribution in [0.4, 0.5) is 5.69 Å². The highest BCUT2D eigenvalue weighted by Gasteiger charge is 2.54. The van der Waals surface area contributed by atoms with E-state index in [-0.39, 0.29) is 29.6 Å². The van der Waals surface area contributed by atoms with Crippen LogP contribution in [0.1, 0.15) is 74.5 Å². The average molecular weight is 510 g/mol. The number of carbonyl (C=O) groups is 3. The van der Waals surface area contributed by atoms with Crippen LogP contribution >= 0.6 is 0 Å². The van der Waals surface area contributed by atoms with Crippen molar-refractivity contribution in [2.45, 2.75) is 71.3 Å². The van der Waals surface area contributed by atoms with Crippen molar-refractivity contribution < 1.29 is 28.6 Å². The number of aryl methyl sites for hydroxylation is 1. The number of hydrogen-bond acceptors (Lipinski definition) is 6. The van der Waals surface area contributed by atoms with Gasteiger partial charge in [0.2, 0.25) is 0 Å². The molecule has 0 aliphatic carbocycles. The van der Waals surface area contributed by atoms with E-state index in [1.807, 2.05) is 38.1 Å². The zero-order valence-electron chi connectivity index (χ0n) is 23.3. The Labute approximate surface area is 220 Å². The van der Waals surface area contributed by atoms with Crippen LogP contribution in [0.25, 0.3) is 0 Å². The molecule has 1 aliphatic rings. The molecule has 1 atom stereocenters. The molecular formula is C30H39NO6. The third kappa shape index (κ3) is 5.50. The summed E-state index contributed by atoms with van der Waals surface area (Å²) in [5.74, 6) is -0.329. The SMILES string of the molecule is COC(=O)CCc1cccc2c1CC(CC(C)C)(C(=O)OC)N2C(=O)c1ccc(C(C)(C)C)c(OC)c1. The van der Waals surface area contributed by atoms with E-state index in [2.05, 4.69) is 20.8 Å². The van der Waals surface area contributed by atoms with Crippen molar-refractivity contribution in [1.82, 2.24) is 0 Å². The Kier molecular flexibility index (Phi) is 8.35. The van der Waals surface area contributed by atoms with E-state index in [1.165, 1.54) is 14.2 Å². The molecule has 1 heterocycles. The normalized spacial score (nSPS) is 16.9. The van der Waals surface area contributed by atoms with Gasteiger partial charge < -0.3 is 14.2 Å². The fraction of sp³-hybridized carbons (Fsp3) is 0.500. The van der Waals surface area contributed by atoms with Gasteiger partial charge in [-0.25, -0.2) is 4.79 Å². The summed E-state index contributed by atoms with van der Waals surface area (Å²) in [5, 5.41) is 0. The van der Waals surface area contributed by atoms with E-state index in [0.717, 1.165) is 16.7 Å². The number of nitrogens with zero attached hydrogens (tertiary/aromatic N) is 1. The molecule has 37 heavy (non-hydrogen) atoms. The first-order valence-electron chi connectivity index (χ1n) is 12.7. The van der Waals surface area contributed by atoms with Crippen molar-refractivity contribution in [2.24, 2.45) is 5.92 Å². The lowest BCUT2D eigenvalue weighted by atomic mass is 9.83. The first kappa shape index (κ1) is 28.2. The maximum atomic E-state index is 14.3. The molecule has 2 aromatic carbocycles. The van der Waals surface area contributed by atoms with E-state index < -0.39 is 11.5 Å². The van der Waals surface area contributed by atoms with Gasteiger partial charge in [-0.1, -0.05) is 52.8 Å². The van der Waals surface area contributed by atoms with Crippen molar-refractivity contribution in [1.29, 1.82) is 0 Å². The fourth-order valence-corrected chi connectivity index (χ4v) is 5.36. The van der Waals surface area contributed by atoms with E-state index in [1.54, 1.807) is 24.1 Å². The number of carbonyl (C=O) groups excluding carboxylic acids is 3. The lowest BCUT2D eigenvalue weighted by Gasteiger charge is -2.37. The number of hydrogen-bond donors (Lipinski definition) is 0. The fourth-order valence-electron chi connectivity index (χ4n) is 5.36. The van der Waals surface area contributed by atoms with Gasteiger partial charge in [0, 0.05) is 24.1 Å². The molecular weight excluding hydrogens is 470 g/mol. The molecule has 200 valence electrons. The van der Waals surface area contributed by atoms with Crippen molar-refractivity contribution in [3.63, 3.8) is 0 Å². The van der Waals surface area contributed by atoms with E-state index in [4.69, 9.17) is 14.2 Å². The monoisotopic (exact) mass is 509 g/mol. The number of fused-ring (bicyclic) bond motifs is 1. The van der Waals surface area contributed by atoms with Gasteiger partial charge in [0.25, 0.3) is 5.91 Å². The van der Waals surface area contributed by atoms with Gasteiger partial charge in [-0.3, -0.25) is 14.5 Å². The van der Waals surface area contributed by atoms with Crippen LogP contribution < -0.4 is 9.64 Å². The summed E-state index contributed by atoms with van der Waals surface area (Å²) in [6, 6.07) is 11.1. The van der Waals surface area contributed by atoms with Crippen LogP contribution in [0.5, 0.6) is 5.75 Å². The third-order valence-corrected chi connectivity index (χ3v) is 6.98. The zero-order valence-corrected chi connectivity index (χ0v) is 23.3. The molecule has 0 spiro atoms. The summed E-state index contributed by atoms with van der Waals surface area (Å²) in [6.45, 7) is 10.3. The smallest absolute Gasteiger partial charge is 0.332 e. The quantitative estimate of drug-likeness (QED) is 0.452. The molecule has 1 aliphatic heterocycles. The average Bonchev–Trinajstić information content (AvgIpc) is 3.19. The van der Waals surface area contributed by atoms with Crippen molar-refractivity contribution in [3.05, 3.63) is 58.7 Å². The summed E-state index contributed by atoms with van der Waals surface area (Å²) in [5.41, 5.74) is 2.49. The number of methoxy groups -OCH3 is 3. The second-order valence-electron chi connectivity index (χ2n) is 11.1. The Balaban J connectivity index is 2.19. The molecule has 0 radical (unpaired) electrons. The highest BCUT2D eigenvalue weighted by atomic mass is 16.5. The highest BCUT2D eigenvalue weighted by Crippen LogP contribution is 2.46. The second kappa shape index (κ2) is 11.0. The largest absolute Gasteiger partial charge is 0.496 e. The minimum Gasteiger partial charge on any atom is -0.496 e. The minimum atomic E-state index is -1.21. The molecule has 0 saturated heterocycles. The molecule has 7 nitrogen and oxygen atoms in total. The summed E-state index contributed by atoms with van der Waals surface area (Å²) >= 11 is 0. The van der Waals surface area contributed by atoms with E-state index in [9.17, 15) is 14.4 Å².